The van der Waals surface area contributed by atoms with E-state index in [-0.39, 0.29) is 29.8 Å². The summed E-state index contributed by atoms with van der Waals surface area (Å²) < 4.78 is 16.8. The van der Waals surface area contributed by atoms with Gasteiger partial charge in [-0.1, -0.05) is 11.8 Å². The van der Waals surface area contributed by atoms with Gasteiger partial charge >= 0.3 is 0 Å². The van der Waals surface area contributed by atoms with Crippen molar-refractivity contribution in [1.82, 2.24) is 14.9 Å². The topological polar surface area (TPSA) is 134 Å². The van der Waals surface area contributed by atoms with Crippen molar-refractivity contribution in [3.8, 4) is 23.2 Å². The van der Waals surface area contributed by atoms with Gasteiger partial charge in [-0.05, 0) is 63.1 Å². The molecule has 2 saturated carbocycles. The van der Waals surface area contributed by atoms with Crippen LogP contribution in [0.5, 0.6) is 0 Å². The lowest BCUT2D eigenvalue weighted by atomic mass is 9.75. The van der Waals surface area contributed by atoms with E-state index in [0.29, 0.717) is 29.9 Å². The number of halogens is 1. The maximum absolute atomic E-state index is 14.8. The molecule has 3 heterocycles. The number of aliphatic hydroxyl groups is 3. The number of amides is 1. The summed E-state index contributed by atoms with van der Waals surface area (Å²) in [5.74, 6) is 5.15. The molecule has 0 radical (unpaired) electrons. The molecule has 1 atom stereocenters. The number of carbonyl (C=O) groups is 1. The minimum Gasteiger partial charge on any atom is -0.380 e. The highest BCUT2D eigenvalue weighted by Gasteiger charge is 2.48. The van der Waals surface area contributed by atoms with Gasteiger partial charge in [0.25, 0.3) is 5.91 Å². The molecule has 6 rings (SSSR count). The van der Waals surface area contributed by atoms with Gasteiger partial charge in [0.2, 0.25) is 0 Å². The third kappa shape index (κ3) is 3.83. The minimum atomic E-state index is -1.37. The molecule has 174 valence electrons. The third-order valence-electron chi connectivity index (χ3n) is 6.69. The van der Waals surface area contributed by atoms with Gasteiger partial charge in [-0.2, -0.15) is 0 Å². The van der Waals surface area contributed by atoms with Crippen LogP contribution in [0.3, 0.4) is 0 Å². The number of nitrogens with one attached hydrogen (secondary N) is 1. The number of carbonyl (C=O) groups excluding carboxylic acids is 1. The number of imidazole rings is 1. The average molecular weight is 455 g/mol. The molecule has 1 amide bonds. The zero-order chi connectivity index (χ0) is 23.7. The zero-order valence-corrected chi connectivity index (χ0v) is 18.5. The summed E-state index contributed by atoms with van der Waals surface area (Å²) >= 11 is 0. The highest BCUT2D eigenvalue weighted by Crippen LogP contribution is 2.53. The SMILES string of the molecule is CC(C)(O)C#Cc1cc2c(cc1F)C1CC(C1)n1c-2nc(C(N)O)c1CNC(=O)C1(O)CC1. The Hall–Kier alpha value is -2.77. The third-order valence-corrected chi connectivity index (χ3v) is 6.69. The van der Waals surface area contributed by atoms with E-state index in [0.717, 1.165) is 18.4 Å². The van der Waals surface area contributed by atoms with Crippen LogP contribution in [0.2, 0.25) is 0 Å². The zero-order valence-electron chi connectivity index (χ0n) is 18.5. The van der Waals surface area contributed by atoms with Crippen molar-refractivity contribution in [3.05, 3.63) is 40.5 Å². The van der Waals surface area contributed by atoms with Crippen LogP contribution >= 0.6 is 0 Å². The maximum atomic E-state index is 14.8. The number of nitrogens with two attached hydrogens (primary N) is 1. The molecule has 2 aliphatic heterocycles. The predicted molar refractivity (Wildman–Crippen MR) is 117 cm³/mol. The number of rotatable bonds is 4. The van der Waals surface area contributed by atoms with Gasteiger partial charge < -0.3 is 30.9 Å². The Balaban J connectivity index is 1.61. The Morgan fingerprint density at radius 1 is 1.42 bits per heavy atom. The van der Waals surface area contributed by atoms with E-state index in [2.05, 4.69) is 22.1 Å². The van der Waals surface area contributed by atoms with Crippen LogP contribution in [0, 0.1) is 17.7 Å². The van der Waals surface area contributed by atoms with E-state index in [1.807, 2.05) is 4.57 Å². The van der Waals surface area contributed by atoms with E-state index < -0.39 is 29.2 Å². The fraction of sp³-hybridized carbons (Fsp3) is 0.500. The van der Waals surface area contributed by atoms with Gasteiger partial charge in [0, 0.05) is 11.6 Å². The summed E-state index contributed by atoms with van der Waals surface area (Å²) in [4.78, 5) is 16.9. The van der Waals surface area contributed by atoms with Crippen LogP contribution in [-0.2, 0) is 11.3 Å². The largest absolute Gasteiger partial charge is 0.380 e. The molecular formula is C24H27FN4O4. The van der Waals surface area contributed by atoms with Crippen LogP contribution in [0.15, 0.2) is 12.1 Å². The molecule has 2 aromatic rings. The van der Waals surface area contributed by atoms with E-state index in [1.165, 1.54) is 19.9 Å². The fourth-order valence-corrected chi connectivity index (χ4v) is 4.64. The molecule has 6 N–H and O–H groups in total. The van der Waals surface area contributed by atoms with Gasteiger partial charge in [0.15, 0.2) is 0 Å². The number of aliphatic hydroxyl groups excluding tert-OH is 1. The van der Waals surface area contributed by atoms with Gasteiger partial charge in [0.05, 0.1) is 17.8 Å². The predicted octanol–water partition coefficient (Wildman–Crippen LogP) is 1.33. The summed E-state index contributed by atoms with van der Waals surface area (Å²) in [5.41, 5.74) is 5.69. The molecule has 0 spiro atoms. The van der Waals surface area contributed by atoms with Crippen LogP contribution < -0.4 is 11.1 Å². The number of hydrogen-bond acceptors (Lipinski definition) is 6. The normalized spacial score (nSPS) is 22.6. The molecule has 2 fully saturated rings. The monoisotopic (exact) mass is 454 g/mol. The van der Waals surface area contributed by atoms with Crippen molar-refractivity contribution >= 4 is 5.91 Å². The summed E-state index contributed by atoms with van der Waals surface area (Å²) in [6.45, 7) is 3.10. The first-order valence-corrected chi connectivity index (χ1v) is 11.1. The Labute approximate surface area is 190 Å². The lowest BCUT2D eigenvalue weighted by Gasteiger charge is -2.35. The summed E-state index contributed by atoms with van der Waals surface area (Å²) in [5, 5.41) is 32.9. The van der Waals surface area contributed by atoms with Gasteiger partial charge in [-0.3, -0.25) is 4.79 Å². The van der Waals surface area contributed by atoms with Crippen LogP contribution in [-0.4, -0.2) is 42.0 Å². The van der Waals surface area contributed by atoms with Gasteiger partial charge in [-0.25, -0.2) is 9.37 Å². The van der Waals surface area contributed by atoms with Crippen molar-refractivity contribution < 1.29 is 24.5 Å². The number of hydrogen-bond donors (Lipinski definition) is 5. The first-order valence-electron chi connectivity index (χ1n) is 11.1. The number of nitrogens with zero attached hydrogens (tertiary/aromatic N) is 2. The van der Waals surface area contributed by atoms with Crippen LogP contribution in [0.4, 0.5) is 4.39 Å². The fourth-order valence-electron chi connectivity index (χ4n) is 4.64. The molecular weight excluding hydrogens is 427 g/mol. The first kappa shape index (κ1) is 22.0. The van der Waals surface area contributed by atoms with E-state index >= 15 is 0 Å². The quantitative estimate of drug-likeness (QED) is 0.350. The number of benzene rings is 1. The number of aromatic nitrogens is 2. The maximum Gasteiger partial charge on any atom is 0.252 e. The molecule has 33 heavy (non-hydrogen) atoms. The second-order valence-corrected chi connectivity index (χ2v) is 9.85. The highest BCUT2D eigenvalue weighted by atomic mass is 19.1. The van der Waals surface area contributed by atoms with E-state index in [9.17, 15) is 24.5 Å². The van der Waals surface area contributed by atoms with Crippen molar-refractivity contribution in [1.29, 1.82) is 0 Å². The lowest BCUT2D eigenvalue weighted by Crippen LogP contribution is -2.37. The van der Waals surface area contributed by atoms with E-state index in [1.54, 1.807) is 6.07 Å². The van der Waals surface area contributed by atoms with Crippen LogP contribution in [0.1, 0.15) is 80.2 Å². The first-order chi connectivity index (χ1) is 15.5. The molecule has 2 bridgehead atoms. The second-order valence-electron chi connectivity index (χ2n) is 9.85. The summed E-state index contributed by atoms with van der Waals surface area (Å²) in [6.07, 6.45) is 1.03. The molecule has 9 heteroatoms. The second kappa shape index (κ2) is 7.37. The molecule has 1 unspecified atom stereocenters. The van der Waals surface area contributed by atoms with Gasteiger partial charge in [0.1, 0.15) is 34.8 Å². The van der Waals surface area contributed by atoms with Crippen molar-refractivity contribution in [2.75, 3.05) is 0 Å². The van der Waals surface area contributed by atoms with Gasteiger partial charge in [-0.15, -0.1) is 0 Å². The van der Waals surface area contributed by atoms with Crippen LogP contribution in [0.25, 0.3) is 11.4 Å². The Bertz CT molecular complexity index is 1210. The molecule has 1 aromatic heterocycles. The van der Waals surface area contributed by atoms with Crippen molar-refractivity contribution in [2.24, 2.45) is 5.73 Å². The Kier molecular flexibility index (Phi) is 4.92. The van der Waals surface area contributed by atoms with Crippen molar-refractivity contribution in [2.45, 2.75) is 75.5 Å². The standard InChI is InChI=1S/C24H27FN4O4/c1-23(2,32)4-3-12-9-16-15(10-17(12)25)13-7-14(8-13)29-18(19(20(26)30)28-21(16)29)11-27-22(31)24(33)5-6-24/h9-10,13-14,20,30,32-33H,5-8,11,26H2,1-2H3,(H,27,31). The molecule has 0 saturated heterocycles. The highest BCUT2D eigenvalue weighted by molar-refractivity contribution is 5.87. The molecule has 4 aliphatic rings. The average Bonchev–Trinajstić information content (AvgIpc) is 3.39. The lowest BCUT2D eigenvalue weighted by molar-refractivity contribution is -0.131. The smallest absolute Gasteiger partial charge is 0.252 e. The summed E-state index contributed by atoms with van der Waals surface area (Å²) in [6, 6.07) is 3.19. The summed E-state index contributed by atoms with van der Waals surface area (Å²) in [7, 11) is 0. The molecule has 8 nitrogen and oxygen atoms in total. The molecule has 1 aromatic carbocycles. The Morgan fingerprint density at radius 2 is 2.12 bits per heavy atom. The minimum absolute atomic E-state index is 0.0563. The van der Waals surface area contributed by atoms with Crippen molar-refractivity contribution in [3.63, 3.8) is 0 Å². The molecule has 2 aliphatic carbocycles. The van der Waals surface area contributed by atoms with E-state index in [4.69, 9.17) is 5.73 Å². The Morgan fingerprint density at radius 3 is 2.73 bits per heavy atom.